The maximum Gasteiger partial charge on any atom is 0.361 e. The lowest BCUT2D eigenvalue weighted by molar-refractivity contribution is -0.366. The molecule has 0 unspecified atom stereocenters. The van der Waals surface area contributed by atoms with Crippen molar-refractivity contribution in [2.45, 2.75) is 39.5 Å². The molecule has 2 aromatic heterocycles. The number of unbranched alkanes of at least 4 members (excludes halogenated alkanes) is 2. The molecule has 0 radical (unpaired) electrons. The standard InChI is InChI=1S/2C27H25O2.BFO2/c2*1-2-3-18-28-25-16-14-21(15-17-25)24-19-26(22-10-6-4-7-11-22)29-27(20-24)23-12-8-5-9-13-23;2-1(3)4/h2*4-17,19-20H,2-3,18H2,1H3;/q2*+1;-2. The summed E-state index contributed by atoms with van der Waals surface area (Å²) in [6.45, 7) is 5.86. The van der Waals surface area contributed by atoms with E-state index in [0.717, 1.165) is 118 Å². The van der Waals surface area contributed by atoms with Gasteiger partial charge >= 0.3 is 23.0 Å². The molecule has 0 saturated carbocycles. The van der Waals surface area contributed by atoms with Crippen molar-refractivity contribution in [1.82, 2.24) is 0 Å². The van der Waals surface area contributed by atoms with E-state index in [0.29, 0.717) is 0 Å². The highest BCUT2D eigenvalue weighted by Gasteiger charge is 2.22. The summed E-state index contributed by atoms with van der Waals surface area (Å²) in [5, 5.41) is 16.6. The Morgan fingerprint density at radius 2 is 0.645 bits per heavy atom. The predicted octanol–water partition coefficient (Wildman–Crippen LogP) is 13.1. The van der Waals surface area contributed by atoms with Crippen LogP contribution in [0.1, 0.15) is 39.5 Å². The van der Waals surface area contributed by atoms with E-state index in [1.807, 2.05) is 97.1 Å². The molecule has 8 aromatic rings. The van der Waals surface area contributed by atoms with Crippen molar-refractivity contribution in [2.24, 2.45) is 0 Å². The normalized spacial score (nSPS) is 10.4. The predicted molar refractivity (Wildman–Crippen MR) is 247 cm³/mol. The van der Waals surface area contributed by atoms with E-state index in [2.05, 4.69) is 111 Å². The Hall–Kier alpha value is -6.87. The molecule has 8 rings (SSSR count). The number of hydrogen-bond donors (Lipinski definition) is 0. The van der Waals surface area contributed by atoms with Gasteiger partial charge in [-0.25, -0.2) is 8.83 Å². The fourth-order valence-electron chi connectivity index (χ4n) is 6.47. The van der Waals surface area contributed by atoms with Gasteiger partial charge in [-0.15, -0.1) is 0 Å². The lowest BCUT2D eigenvalue weighted by atomic mass is 10.0. The third-order valence-corrected chi connectivity index (χ3v) is 9.73. The molecule has 0 spiro atoms. The number of halogens is 1. The van der Waals surface area contributed by atoms with E-state index >= 15 is 0 Å². The first-order valence-electron chi connectivity index (χ1n) is 21.0. The Kier molecular flexibility index (Phi) is 17.2. The SMILES string of the molecule is CCCCOc1ccc(-c2cc(-c3ccccc3)[o+]c(-c3ccccc3)c2)cc1.CCCCOc1ccc(-c2cc(-c3ccccc3)[o+]c(-c3ccccc3)c2)cc1.[O-]B([O-])F. The molecule has 0 aliphatic rings. The van der Waals surface area contributed by atoms with Gasteiger partial charge in [-0.2, -0.15) is 0 Å². The first kappa shape index (κ1) is 44.7. The largest absolute Gasteiger partial charge is 0.867 e. The topological polar surface area (TPSA) is 87.2 Å². The van der Waals surface area contributed by atoms with E-state index in [1.54, 1.807) is 0 Å². The third-order valence-electron chi connectivity index (χ3n) is 9.73. The van der Waals surface area contributed by atoms with Crippen LogP contribution in [0.4, 0.5) is 4.32 Å². The number of ether oxygens (including phenoxy) is 2. The average Bonchev–Trinajstić information content (AvgIpc) is 3.33. The van der Waals surface area contributed by atoms with E-state index < -0.39 is 7.40 Å². The van der Waals surface area contributed by atoms with Crippen LogP contribution in [0.5, 0.6) is 11.5 Å². The summed E-state index contributed by atoms with van der Waals surface area (Å²) in [7, 11) is -3.17. The molecule has 0 saturated heterocycles. The van der Waals surface area contributed by atoms with Gasteiger partial charge in [0.05, 0.1) is 59.7 Å². The molecule has 0 aliphatic heterocycles. The van der Waals surface area contributed by atoms with Crippen molar-refractivity contribution < 1.29 is 32.7 Å². The van der Waals surface area contributed by atoms with E-state index in [1.165, 1.54) is 0 Å². The Morgan fingerprint density at radius 3 is 0.887 bits per heavy atom. The molecule has 0 bridgehead atoms. The highest BCUT2D eigenvalue weighted by molar-refractivity contribution is 6.27. The fourth-order valence-corrected chi connectivity index (χ4v) is 6.47. The van der Waals surface area contributed by atoms with Crippen LogP contribution in [0.25, 0.3) is 67.5 Å². The zero-order valence-corrected chi connectivity index (χ0v) is 35.1. The second kappa shape index (κ2) is 23.8. The maximum atomic E-state index is 9.89. The molecule has 2 heterocycles. The zero-order chi connectivity index (χ0) is 43.4. The van der Waals surface area contributed by atoms with E-state index in [4.69, 9.17) is 28.4 Å². The van der Waals surface area contributed by atoms with E-state index in [9.17, 15) is 4.32 Å². The molecule has 0 aliphatic carbocycles. The quantitative estimate of drug-likeness (QED) is 0.0616. The van der Waals surface area contributed by atoms with Crippen LogP contribution in [0, 0.1) is 0 Å². The van der Waals surface area contributed by atoms with E-state index in [-0.39, 0.29) is 0 Å². The van der Waals surface area contributed by atoms with Gasteiger partial charge in [0.25, 0.3) is 0 Å². The second-order valence-corrected chi connectivity index (χ2v) is 14.3. The number of benzene rings is 6. The molecule has 0 atom stereocenters. The van der Waals surface area contributed by atoms with Crippen molar-refractivity contribution in [1.29, 1.82) is 0 Å². The molecule has 62 heavy (non-hydrogen) atoms. The highest BCUT2D eigenvalue weighted by Crippen LogP contribution is 2.35. The lowest BCUT2D eigenvalue weighted by Gasteiger charge is -2.09. The van der Waals surface area contributed by atoms with Crippen molar-refractivity contribution in [3.8, 4) is 79.0 Å². The Morgan fingerprint density at radius 1 is 0.387 bits per heavy atom. The number of hydrogen-bond acceptors (Lipinski definition) is 4. The van der Waals surface area contributed by atoms with Crippen LogP contribution in [0.2, 0.25) is 0 Å². The van der Waals surface area contributed by atoms with Crippen LogP contribution in [0.15, 0.2) is 203 Å². The monoisotopic (exact) mass is 824 g/mol. The molecule has 6 aromatic carbocycles. The van der Waals surface area contributed by atoms with Gasteiger partial charge in [0.2, 0.25) is 0 Å². The van der Waals surface area contributed by atoms with Crippen molar-refractivity contribution in [3.05, 3.63) is 194 Å². The first-order valence-corrected chi connectivity index (χ1v) is 21.0. The molecule has 312 valence electrons. The second-order valence-electron chi connectivity index (χ2n) is 14.3. The minimum Gasteiger partial charge on any atom is -0.867 e. The van der Waals surface area contributed by atoms with Crippen LogP contribution in [-0.2, 0) is 0 Å². The Labute approximate surface area is 364 Å². The Balaban J connectivity index is 0.000000191. The minimum atomic E-state index is -3.17. The number of rotatable bonds is 14. The molecular weight excluding hydrogens is 774 g/mol. The average molecular weight is 825 g/mol. The minimum absolute atomic E-state index is 0.760. The summed E-state index contributed by atoms with van der Waals surface area (Å²) >= 11 is 0. The van der Waals surface area contributed by atoms with Crippen LogP contribution >= 0.6 is 0 Å². The van der Waals surface area contributed by atoms with Gasteiger partial charge < -0.3 is 23.8 Å². The van der Waals surface area contributed by atoms with Crippen molar-refractivity contribution in [3.63, 3.8) is 0 Å². The zero-order valence-electron chi connectivity index (χ0n) is 35.1. The smallest absolute Gasteiger partial charge is 0.361 e. The van der Waals surface area contributed by atoms with Gasteiger partial charge in [0, 0.05) is 11.1 Å². The lowest BCUT2D eigenvalue weighted by Crippen LogP contribution is -2.39. The van der Waals surface area contributed by atoms with Gasteiger partial charge in [-0.1, -0.05) is 124 Å². The third kappa shape index (κ3) is 13.6. The maximum absolute atomic E-state index is 9.89. The van der Waals surface area contributed by atoms with Gasteiger partial charge in [0.15, 0.2) is 0 Å². The van der Waals surface area contributed by atoms with Crippen LogP contribution in [-0.4, -0.2) is 20.6 Å². The van der Waals surface area contributed by atoms with Gasteiger partial charge in [-0.05, 0) is 96.8 Å². The molecule has 0 N–H and O–H groups in total. The summed E-state index contributed by atoms with van der Waals surface area (Å²) in [6.07, 6.45) is 4.41. The van der Waals surface area contributed by atoms with Crippen molar-refractivity contribution >= 4 is 7.40 Å². The summed E-state index contributed by atoms with van der Waals surface area (Å²) < 4.78 is 34.1. The summed E-state index contributed by atoms with van der Waals surface area (Å²) in [4.78, 5) is 0. The highest BCUT2D eigenvalue weighted by atomic mass is 19.1. The van der Waals surface area contributed by atoms with Crippen molar-refractivity contribution in [2.75, 3.05) is 13.2 Å². The molecule has 0 fully saturated rings. The summed E-state index contributed by atoms with van der Waals surface area (Å²) in [5.41, 5.74) is 8.76. The molecule has 8 heteroatoms. The fraction of sp³-hybridized carbons (Fsp3) is 0.148. The van der Waals surface area contributed by atoms with Crippen LogP contribution in [0.3, 0.4) is 0 Å². The Bertz CT molecular complexity index is 2210. The molecule has 0 amide bonds. The van der Waals surface area contributed by atoms with Crippen LogP contribution < -0.4 is 19.5 Å². The van der Waals surface area contributed by atoms with Gasteiger partial charge in [0.1, 0.15) is 18.9 Å². The summed E-state index contributed by atoms with van der Waals surface area (Å²) in [5.74, 6) is 5.23. The van der Waals surface area contributed by atoms with Gasteiger partial charge in [-0.3, -0.25) is 0 Å². The first-order chi connectivity index (χ1) is 30.4. The molecule has 6 nitrogen and oxygen atoms in total. The summed E-state index contributed by atoms with van der Waals surface area (Å²) in [6, 6.07) is 65.9. The molecular formula is C54H50BFO6.